The second kappa shape index (κ2) is 8.17. The average molecular weight is 383 g/mol. The number of ketones is 1. The SMILES string of the molecule is CCCCC(=O)c1c(O)c(O)n(-c2ccc(F)cc2)c1-c1ccccc1OC. The van der Waals surface area contributed by atoms with Crippen LogP contribution in [0.2, 0.25) is 0 Å². The summed E-state index contributed by atoms with van der Waals surface area (Å²) in [6, 6.07) is 12.4. The van der Waals surface area contributed by atoms with Crippen LogP contribution in [0, 0.1) is 5.82 Å². The number of aromatic hydroxyl groups is 2. The van der Waals surface area contributed by atoms with E-state index < -0.39 is 17.4 Å². The van der Waals surface area contributed by atoms with Crippen LogP contribution < -0.4 is 4.74 Å². The predicted molar refractivity (Wildman–Crippen MR) is 105 cm³/mol. The number of methoxy groups -OCH3 is 1. The topological polar surface area (TPSA) is 71.7 Å². The van der Waals surface area contributed by atoms with Crippen molar-refractivity contribution in [2.24, 2.45) is 0 Å². The van der Waals surface area contributed by atoms with Crippen LogP contribution in [-0.4, -0.2) is 27.7 Å². The molecule has 1 aromatic heterocycles. The lowest BCUT2D eigenvalue weighted by Gasteiger charge is -2.14. The van der Waals surface area contributed by atoms with Crippen LogP contribution in [0.5, 0.6) is 17.4 Å². The van der Waals surface area contributed by atoms with Gasteiger partial charge >= 0.3 is 0 Å². The highest BCUT2D eigenvalue weighted by Crippen LogP contribution is 2.46. The minimum Gasteiger partial charge on any atom is -0.503 e. The highest BCUT2D eigenvalue weighted by molar-refractivity contribution is 6.06. The van der Waals surface area contributed by atoms with E-state index in [1.54, 1.807) is 24.3 Å². The van der Waals surface area contributed by atoms with Gasteiger partial charge in [-0.2, -0.15) is 0 Å². The van der Waals surface area contributed by atoms with Crippen molar-refractivity contribution in [3.8, 4) is 34.3 Å². The normalized spacial score (nSPS) is 10.8. The van der Waals surface area contributed by atoms with Gasteiger partial charge in [-0.15, -0.1) is 0 Å². The predicted octanol–water partition coefficient (Wildman–Crippen LogP) is 5.08. The number of benzene rings is 2. The fourth-order valence-electron chi connectivity index (χ4n) is 3.21. The number of rotatable bonds is 7. The van der Waals surface area contributed by atoms with Crippen molar-refractivity contribution >= 4 is 5.78 Å². The van der Waals surface area contributed by atoms with Crippen LogP contribution in [0.25, 0.3) is 16.9 Å². The summed E-state index contributed by atoms with van der Waals surface area (Å²) in [4.78, 5) is 12.9. The molecular weight excluding hydrogens is 361 g/mol. The molecule has 3 aromatic rings. The van der Waals surface area contributed by atoms with Crippen LogP contribution >= 0.6 is 0 Å². The fourth-order valence-corrected chi connectivity index (χ4v) is 3.21. The molecule has 0 saturated carbocycles. The van der Waals surface area contributed by atoms with Crippen molar-refractivity contribution in [1.82, 2.24) is 4.57 Å². The Morgan fingerprint density at radius 3 is 2.43 bits per heavy atom. The molecule has 0 aliphatic rings. The summed E-state index contributed by atoms with van der Waals surface area (Å²) in [5.74, 6) is -1.21. The molecule has 6 heteroatoms. The lowest BCUT2D eigenvalue weighted by atomic mass is 10.00. The van der Waals surface area contributed by atoms with E-state index in [1.165, 1.54) is 35.9 Å². The summed E-state index contributed by atoms with van der Waals surface area (Å²) in [6.07, 6.45) is 1.71. The molecule has 2 aromatic carbocycles. The molecule has 1 heterocycles. The smallest absolute Gasteiger partial charge is 0.240 e. The number of aromatic nitrogens is 1. The zero-order chi connectivity index (χ0) is 20.3. The van der Waals surface area contributed by atoms with Gasteiger partial charge in [0.25, 0.3) is 0 Å². The summed E-state index contributed by atoms with van der Waals surface area (Å²) in [7, 11) is 1.50. The van der Waals surface area contributed by atoms with E-state index in [1.807, 2.05) is 6.92 Å². The maximum atomic E-state index is 13.4. The van der Waals surface area contributed by atoms with Crippen LogP contribution in [0.4, 0.5) is 4.39 Å². The number of hydrogen-bond acceptors (Lipinski definition) is 4. The van der Waals surface area contributed by atoms with Crippen molar-refractivity contribution in [1.29, 1.82) is 0 Å². The monoisotopic (exact) mass is 383 g/mol. The first-order valence-electron chi connectivity index (χ1n) is 9.08. The highest BCUT2D eigenvalue weighted by Gasteiger charge is 2.30. The molecule has 0 saturated heterocycles. The molecule has 0 fully saturated rings. The number of nitrogens with zero attached hydrogens (tertiary/aromatic N) is 1. The Balaban J connectivity index is 2.33. The van der Waals surface area contributed by atoms with E-state index >= 15 is 0 Å². The lowest BCUT2D eigenvalue weighted by Crippen LogP contribution is -2.04. The second-order valence-electron chi connectivity index (χ2n) is 6.43. The highest BCUT2D eigenvalue weighted by atomic mass is 19.1. The number of unbranched alkanes of at least 4 members (excludes halogenated alkanes) is 1. The molecule has 0 aliphatic carbocycles. The Morgan fingerprint density at radius 1 is 1.11 bits per heavy atom. The largest absolute Gasteiger partial charge is 0.503 e. The molecule has 28 heavy (non-hydrogen) atoms. The third-order valence-electron chi connectivity index (χ3n) is 4.60. The maximum Gasteiger partial charge on any atom is 0.240 e. The molecule has 146 valence electrons. The third-order valence-corrected chi connectivity index (χ3v) is 4.60. The van der Waals surface area contributed by atoms with Crippen molar-refractivity contribution in [3.63, 3.8) is 0 Å². The summed E-state index contributed by atoms with van der Waals surface area (Å²) in [6.45, 7) is 1.97. The van der Waals surface area contributed by atoms with Gasteiger partial charge in [0, 0.05) is 17.7 Å². The van der Waals surface area contributed by atoms with Crippen LogP contribution in [0.15, 0.2) is 48.5 Å². The fraction of sp³-hybridized carbons (Fsp3) is 0.227. The molecule has 0 atom stereocenters. The van der Waals surface area contributed by atoms with Gasteiger partial charge in [0.1, 0.15) is 11.6 Å². The van der Waals surface area contributed by atoms with Gasteiger partial charge in [0.05, 0.1) is 18.4 Å². The number of para-hydroxylation sites is 1. The second-order valence-corrected chi connectivity index (χ2v) is 6.43. The quantitative estimate of drug-likeness (QED) is 0.559. The standard InChI is InChI=1S/C22H22FNO4/c1-3-4-8-17(25)19-20(16-7-5-6-9-18(16)28-2)24(22(27)21(19)26)15-12-10-14(23)11-13-15/h5-7,9-13,26-27H,3-4,8H2,1-2H3. The summed E-state index contributed by atoms with van der Waals surface area (Å²) in [5.41, 5.74) is 1.27. The number of halogens is 1. The molecule has 3 rings (SSSR count). The zero-order valence-corrected chi connectivity index (χ0v) is 15.8. The van der Waals surface area contributed by atoms with Gasteiger partial charge < -0.3 is 14.9 Å². The van der Waals surface area contributed by atoms with Gasteiger partial charge in [-0.05, 0) is 42.8 Å². The van der Waals surface area contributed by atoms with E-state index in [4.69, 9.17) is 4.74 Å². The van der Waals surface area contributed by atoms with Gasteiger partial charge in [-0.3, -0.25) is 9.36 Å². The number of carbonyl (C=O) groups is 1. The van der Waals surface area contributed by atoms with Crippen molar-refractivity contribution in [2.45, 2.75) is 26.2 Å². The van der Waals surface area contributed by atoms with Crippen LogP contribution in [0.1, 0.15) is 36.5 Å². The molecular formula is C22H22FNO4. The Labute approximate surface area is 162 Å². The van der Waals surface area contributed by atoms with E-state index in [-0.39, 0.29) is 17.8 Å². The Kier molecular flexibility index (Phi) is 5.68. The maximum absolute atomic E-state index is 13.4. The van der Waals surface area contributed by atoms with Crippen molar-refractivity contribution < 1.29 is 24.1 Å². The molecule has 0 spiro atoms. The Bertz CT molecular complexity index is 993. The van der Waals surface area contributed by atoms with Crippen molar-refractivity contribution in [2.75, 3.05) is 7.11 Å². The third kappa shape index (κ3) is 3.45. The van der Waals surface area contributed by atoms with Gasteiger partial charge in [-0.1, -0.05) is 25.5 Å². The summed E-state index contributed by atoms with van der Waals surface area (Å²) >= 11 is 0. The Hall–Kier alpha value is -3.28. The van der Waals surface area contributed by atoms with E-state index in [0.717, 1.165) is 6.42 Å². The number of carbonyl (C=O) groups excluding carboxylic acids is 1. The van der Waals surface area contributed by atoms with Crippen molar-refractivity contribution in [3.05, 3.63) is 59.9 Å². The first kappa shape index (κ1) is 19.5. The van der Waals surface area contributed by atoms with Gasteiger partial charge in [-0.25, -0.2) is 4.39 Å². The Morgan fingerprint density at radius 2 is 1.79 bits per heavy atom. The average Bonchev–Trinajstić information content (AvgIpc) is 2.97. The summed E-state index contributed by atoms with van der Waals surface area (Å²) < 4.78 is 20.2. The number of ether oxygens (including phenoxy) is 1. The zero-order valence-electron chi connectivity index (χ0n) is 15.8. The molecule has 0 bridgehead atoms. The first-order valence-corrected chi connectivity index (χ1v) is 9.08. The molecule has 2 N–H and O–H groups in total. The van der Waals surface area contributed by atoms with Gasteiger partial charge in [0.2, 0.25) is 5.88 Å². The van der Waals surface area contributed by atoms with E-state index in [0.29, 0.717) is 29.1 Å². The number of hydrogen-bond donors (Lipinski definition) is 2. The molecule has 5 nitrogen and oxygen atoms in total. The molecule has 0 amide bonds. The first-order chi connectivity index (χ1) is 13.5. The van der Waals surface area contributed by atoms with Crippen LogP contribution in [0.3, 0.4) is 0 Å². The van der Waals surface area contributed by atoms with E-state index in [9.17, 15) is 19.4 Å². The minimum absolute atomic E-state index is 0.0276. The summed E-state index contributed by atoms with van der Waals surface area (Å²) in [5, 5.41) is 21.3. The lowest BCUT2D eigenvalue weighted by molar-refractivity contribution is 0.0978. The minimum atomic E-state index is -0.494. The number of Topliss-reactive ketones (excluding diaryl/α,β-unsaturated/α-hetero) is 1. The van der Waals surface area contributed by atoms with E-state index in [2.05, 4.69) is 0 Å². The van der Waals surface area contributed by atoms with Gasteiger partial charge in [0.15, 0.2) is 11.5 Å². The molecule has 0 unspecified atom stereocenters. The molecule has 0 radical (unpaired) electrons. The van der Waals surface area contributed by atoms with Crippen LogP contribution in [-0.2, 0) is 0 Å². The molecule has 0 aliphatic heterocycles.